The summed E-state index contributed by atoms with van der Waals surface area (Å²) in [6.45, 7) is 3.82. The fourth-order valence-corrected chi connectivity index (χ4v) is 2.95. The zero-order chi connectivity index (χ0) is 17.9. The maximum absolute atomic E-state index is 14.5. The van der Waals surface area contributed by atoms with E-state index in [0.717, 1.165) is 0 Å². The van der Waals surface area contributed by atoms with E-state index in [9.17, 15) is 17.6 Å². The molecule has 0 aliphatic heterocycles. The fraction of sp³-hybridized carbons (Fsp3) is 0.471. The molecule has 0 amide bonds. The Hall–Kier alpha value is -1.56. The number of alkyl halides is 3. The third-order valence-electron chi connectivity index (χ3n) is 3.79. The van der Waals surface area contributed by atoms with Crippen LogP contribution in [-0.4, -0.2) is 15.7 Å². The average Bonchev–Trinajstić information content (AvgIpc) is 2.82. The quantitative estimate of drug-likeness (QED) is 0.605. The molecule has 7 heteroatoms. The number of nitrogens with zero attached hydrogens (tertiary/aromatic N) is 2. The van der Waals surface area contributed by atoms with Gasteiger partial charge in [-0.05, 0) is 37.0 Å². The standard InChI is InChI=1S/C17H19ClF4N2/c1-3-13-16(18)24(15(4-2)23-13)14-8-7-11(10-12(14)19)6-5-9-17(20,21)22/h7-8,10H,3-6,9H2,1-2H3. The van der Waals surface area contributed by atoms with Gasteiger partial charge in [-0.1, -0.05) is 31.5 Å². The third-order valence-corrected chi connectivity index (χ3v) is 4.17. The highest BCUT2D eigenvalue weighted by molar-refractivity contribution is 6.30. The van der Waals surface area contributed by atoms with Gasteiger partial charge in [0, 0.05) is 12.8 Å². The van der Waals surface area contributed by atoms with Gasteiger partial charge in [0.15, 0.2) is 0 Å². The lowest BCUT2D eigenvalue weighted by atomic mass is 10.1. The van der Waals surface area contributed by atoms with Crippen molar-refractivity contribution in [3.8, 4) is 5.69 Å². The smallest absolute Gasteiger partial charge is 0.284 e. The summed E-state index contributed by atoms with van der Waals surface area (Å²) in [7, 11) is 0. The van der Waals surface area contributed by atoms with Crippen LogP contribution < -0.4 is 0 Å². The topological polar surface area (TPSA) is 17.8 Å². The molecule has 0 bridgehead atoms. The predicted octanol–water partition coefficient (Wildman–Crippen LogP) is 5.67. The maximum atomic E-state index is 14.5. The minimum Gasteiger partial charge on any atom is -0.284 e. The molecule has 0 N–H and O–H groups in total. The monoisotopic (exact) mass is 362 g/mol. The number of halogens is 5. The van der Waals surface area contributed by atoms with Crippen molar-refractivity contribution in [1.29, 1.82) is 0 Å². The molecule has 0 fully saturated rings. The van der Waals surface area contributed by atoms with Crippen LogP contribution in [0.25, 0.3) is 5.69 Å². The van der Waals surface area contributed by atoms with E-state index in [-0.39, 0.29) is 18.5 Å². The minimum atomic E-state index is -4.19. The molecule has 0 aliphatic carbocycles. The Labute approximate surface area is 143 Å². The van der Waals surface area contributed by atoms with Crippen molar-refractivity contribution in [2.75, 3.05) is 0 Å². The van der Waals surface area contributed by atoms with Crippen LogP contribution in [0, 0.1) is 5.82 Å². The van der Waals surface area contributed by atoms with Crippen LogP contribution in [0.15, 0.2) is 18.2 Å². The van der Waals surface area contributed by atoms with Crippen molar-refractivity contribution < 1.29 is 17.6 Å². The summed E-state index contributed by atoms with van der Waals surface area (Å²) in [6, 6.07) is 4.45. The van der Waals surface area contributed by atoms with Gasteiger partial charge in [-0.15, -0.1) is 0 Å². The SMILES string of the molecule is CCc1nc(CC)n(-c2ccc(CCCC(F)(F)F)cc2F)c1Cl. The van der Waals surface area contributed by atoms with Gasteiger partial charge in [0.1, 0.15) is 16.8 Å². The Morgan fingerprint density at radius 3 is 2.42 bits per heavy atom. The first-order valence-corrected chi connectivity index (χ1v) is 8.26. The number of rotatable bonds is 6. The molecule has 2 aromatic rings. The highest BCUT2D eigenvalue weighted by Crippen LogP contribution is 2.27. The summed E-state index contributed by atoms with van der Waals surface area (Å²) in [5.41, 5.74) is 1.50. The summed E-state index contributed by atoms with van der Waals surface area (Å²) >= 11 is 6.30. The van der Waals surface area contributed by atoms with Gasteiger partial charge in [-0.2, -0.15) is 13.2 Å². The van der Waals surface area contributed by atoms with E-state index in [0.29, 0.717) is 35.1 Å². The summed E-state index contributed by atoms with van der Waals surface area (Å²) in [4.78, 5) is 4.40. The van der Waals surface area contributed by atoms with Gasteiger partial charge >= 0.3 is 6.18 Å². The van der Waals surface area contributed by atoms with Crippen LogP contribution in [0.4, 0.5) is 17.6 Å². The van der Waals surface area contributed by atoms with E-state index in [2.05, 4.69) is 4.98 Å². The largest absolute Gasteiger partial charge is 0.389 e. The molecule has 0 saturated carbocycles. The number of aryl methyl sites for hydroxylation is 3. The van der Waals surface area contributed by atoms with Crippen LogP contribution in [-0.2, 0) is 19.3 Å². The Morgan fingerprint density at radius 1 is 1.17 bits per heavy atom. The molecule has 0 spiro atoms. The second-order valence-electron chi connectivity index (χ2n) is 5.56. The minimum absolute atomic E-state index is 0.0612. The molecule has 0 unspecified atom stereocenters. The fourth-order valence-electron chi connectivity index (χ4n) is 2.58. The third kappa shape index (κ3) is 4.29. The average molecular weight is 363 g/mol. The molecule has 1 aromatic carbocycles. The van der Waals surface area contributed by atoms with Gasteiger partial charge in [0.2, 0.25) is 0 Å². The van der Waals surface area contributed by atoms with Crippen LogP contribution in [0.3, 0.4) is 0 Å². The van der Waals surface area contributed by atoms with Crippen molar-refractivity contribution >= 4 is 11.6 Å². The summed E-state index contributed by atoms with van der Waals surface area (Å²) in [5, 5.41) is 0.373. The van der Waals surface area contributed by atoms with Gasteiger partial charge in [-0.25, -0.2) is 9.37 Å². The first kappa shape index (κ1) is 18.8. The van der Waals surface area contributed by atoms with E-state index in [1.165, 1.54) is 6.07 Å². The number of hydrogen-bond acceptors (Lipinski definition) is 1. The molecule has 2 rings (SSSR count). The zero-order valence-electron chi connectivity index (χ0n) is 13.6. The lowest BCUT2D eigenvalue weighted by Gasteiger charge is -2.11. The highest BCUT2D eigenvalue weighted by atomic mass is 35.5. The Morgan fingerprint density at radius 2 is 1.88 bits per heavy atom. The summed E-state index contributed by atoms with van der Waals surface area (Å²) in [6.07, 6.45) is -3.72. The van der Waals surface area contributed by atoms with Crippen molar-refractivity contribution in [2.45, 2.75) is 52.1 Å². The number of hydrogen-bond donors (Lipinski definition) is 0. The number of benzene rings is 1. The van der Waals surface area contributed by atoms with E-state index >= 15 is 0 Å². The maximum Gasteiger partial charge on any atom is 0.389 e. The van der Waals surface area contributed by atoms with Gasteiger partial charge in [-0.3, -0.25) is 4.57 Å². The van der Waals surface area contributed by atoms with Crippen molar-refractivity contribution in [3.63, 3.8) is 0 Å². The zero-order valence-corrected chi connectivity index (χ0v) is 14.3. The molecule has 1 heterocycles. The molecule has 24 heavy (non-hydrogen) atoms. The summed E-state index contributed by atoms with van der Waals surface area (Å²) < 4.78 is 52.6. The van der Waals surface area contributed by atoms with Crippen molar-refractivity contribution in [3.05, 3.63) is 46.3 Å². The molecule has 1 aromatic heterocycles. The molecule has 0 atom stereocenters. The lowest BCUT2D eigenvalue weighted by Crippen LogP contribution is -2.07. The Kier molecular flexibility index (Phi) is 5.91. The van der Waals surface area contributed by atoms with Gasteiger partial charge in [0.25, 0.3) is 0 Å². The van der Waals surface area contributed by atoms with Crippen LogP contribution in [0.5, 0.6) is 0 Å². The number of imidazole rings is 1. The molecule has 0 aliphatic rings. The normalized spacial score (nSPS) is 12.0. The van der Waals surface area contributed by atoms with Crippen LogP contribution in [0.2, 0.25) is 5.15 Å². The Bertz CT molecular complexity index is 707. The predicted molar refractivity (Wildman–Crippen MR) is 86.3 cm³/mol. The van der Waals surface area contributed by atoms with Gasteiger partial charge in [0.05, 0.1) is 11.4 Å². The van der Waals surface area contributed by atoms with E-state index < -0.39 is 18.4 Å². The molecule has 0 radical (unpaired) electrons. The van der Waals surface area contributed by atoms with Crippen molar-refractivity contribution in [2.24, 2.45) is 0 Å². The second-order valence-corrected chi connectivity index (χ2v) is 5.92. The molecule has 132 valence electrons. The first-order chi connectivity index (χ1) is 11.3. The van der Waals surface area contributed by atoms with Crippen molar-refractivity contribution in [1.82, 2.24) is 9.55 Å². The van der Waals surface area contributed by atoms with Crippen LogP contribution in [0.1, 0.15) is 43.8 Å². The van der Waals surface area contributed by atoms with Gasteiger partial charge < -0.3 is 0 Å². The molecular weight excluding hydrogens is 344 g/mol. The molecule has 0 saturated heterocycles. The molecular formula is C17H19ClF4N2. The lowest BCUT2D eigenvalue weighted by molar-refractivity contribution is -0.135. The van der Waals surface area contributed by atoms with E-state index in [4.69, 9.17) is 11.6 Å². The van der Waals surface area contributed by atoms with E-state index in [1.807, 2.05) is 13.8 Å². The Balaban J connectivity index is 2.26. The molecule has 2 nitrogen and oxygen atoms in total. The van der Waals surface area contributed by atoms with Crippen LogP contribution >= 0.6 is 11.6 Å². The highest BCUT2D eigenvalue weighted by Gasteiger charge is 2.26. The second kappa shape index (κ2) is 7.55. The van der Waals surface area contributed by atoms with E-state index in [1.54, 1.807) is 16.7 Å². The number of aromatic nitrogens is 2. The summed E-state index contributed by atoms with van der Waals surface area (Å²) in [5.74, 6) is 0.136. The first-order valence-electron chi connectivity index (χ1n) is 7.88.